The molecule has 0 radical (unpaired) electrons. The maximum atomic E-state index is 14.9. The number of hydrogen-bond acceptors (Lipinski definition) is 10. The predicted octanol–water partition coefficient (Wildman–Crippen LogP) is 5.26. The Hall–Kier alpha value is -4.26. The van der Waals surface area contributed by atoms with E-state index < -0.39 is 5.82 Å². The number of aromatic nitrogens is 6. The van der Waals surface area contributed by atoms with Gasteiger partial charge in [0.2, 0.25) is 5.95 Å². The molecule has 43 heavy (non-hydrogen) atoms. The number of rotatable bonds is 10. The molecule has 1 N–H and O–H groups in total. The molecule has 0 aliphatic carbocycles. The van der Waals surface area contributed by atoms with Gasteiger partial charge in [0.05, 0.1) is 44.1 Å². The molecule has 2 aromatic carbocycles. The van der Waals surface area contributed by atoms with Crippen molar-refractivity contribution in [3.8, 4) is 17.2 Å². The van der Waals surface area contributed by atoms with Crippen molar-refractivity contribution in [2.45, 2.75) is 38.1 Å². The largest absolute Gasteiger partial charge is 0.497 e. The maximum absolute atomic E-state index is 14.9. The molecule has 6 rings (SSSR count). The molecule has 3 aromatic heterocycles. The summed E-state index contributed by atoms with van der Waals surface area (Å²) in [4.78, 5) is 12.2. The smallest absolute Gasteiger partial charge is 0.226 e. The quantitative estimate of drug-likeness (QED) is 0.226. The van der Waals surface area contributed by atoms with E-state index in [0.29, 0.717) is 46.4 Å². The summed E-state index contributed by atoms with van der Waals surface area (Å²) in [6.45, 7) is 4.17. The van der Waals surface area contributed by atoms with Crippen molar-refractivity contribution in [3.63, 3.8) is 0 Å². The zero-order valence-corrected chi connectivity index (χ0v) is 25.7. The first kappa shape index (κ1) is 28.8. The summed E-state index contributed by atoms with van der Waals surface area (Å²) in [6.07, 6.45) is 6.14. The summed E-state index contributed by atoms with van der Waals surface area (Å²) in [7, 11) is 4.68. The number of piperidine rings is 1. The Bertz CT molecular complexity index is 1770. The molecule has 1 aliphatic heterocycles. The van der Waals surface area contributed by atoms with Crippen LogP contribution in [0.5, 0.6) is 17.2 Å². The molecule has 0 spiro atoms. The van der Waals surface area contributed by atoms with Crippen LogP contribution >= 0.6 is 11.8 Å². The van der Waals surface area contributed by atoms with Crippen molar-refractivity contribution in [2.24, 2.45) is 0 Å². The molecule has 0 amide bonds. The maximum Gasteiger partial charge on any atom is 0.226 e. The molecular weight excluding hydrogens is 571 g/mol. The Balaban J connectivity index is 1.37. The van der Waals surface area contributed by atoms with Crippen LogP contribution in [-0.2, 0) is 12.4 Å². The topological polar surface area (TPSA) is 104 Å². The van der Waals surface area contributed by atoms with E-state index in [-0.39, 0.29) is 11.7 Å². The fourth-order valence-corrected chi connectivity index (χ4v) is 6.06. The fourth-order valence-electron chi connectivity index (χ4n) is 5.66. The van der Waals surface area contributed by atoms with Gasteiger partial charge in [-0.15, -0.1) is 16.9 Å². The van der Waals surface area contributed by atoms with E-state index in [4.69, 9.17) is 29.3 Å². The molecule has 0 bridgehead atoms. The third-order valence-electron chi connectivity index (χ3n) is 7.80. The molecule has 5 aromatic rings. The van der Waals surface area contributed by atoms with Crippen molar-refractivity contribution >= 4 is 39.9 Å². The van der Waals surface area contributed by atoms with Gasteiger partial charge in [-0.2, -0.15) is 9.61 Å². The second-order valence-electron chi connectivity index (χ2n) is 10.5. The standard InChI is InChI=1S/C30H35FN8O3S/c1-18-25(16-38(35-18)17-43-5)37-10-6-7-20(15-37)28-34-29-22-12-23(31)27(42-4)13-24(22)33-30(39(29)36-28)32-14-19-8-9-21(40-2)11-26(19)41-3/h8-9,11-13,16,20H,6-7,10,14-15,17H2,1-5H3,(H,32,33). The van der Waals surface area contributed by atoms with E-state index in [1.165, 1.54) is 13.2 Å². The SMILES string of the molecule is COc1ccc(CNc2nc3cc(OC)c(F)cc3c3nc(C4CCCN(c5cn(CSC)nc5C)C4)nn23)c(OC)c1. The number of nitrogens with zero attached hydrogens (tertiary/aromatic N) is 7. The lowest BCUT2D eigenvalue weighted by molar-refractivity contribution is 0.387. The van der Waals surface area contributed by atoms with Crippen molar-refractivity contribution in [2.75, 3.05) is 50.9 Å². The van der Waals surface area contributed by atoms with Crippen LogP contribution in [0.4, 0.5) is 16.0 Å². The highest BCUT2D eigenvalue weighted by Crippen LogP contribution is 2.33. The molecule has 226 valence electrons. The number of nitrogens with one attached hydrogen (secondary N) is 1. The summed E-state index contributed by atoms with van der Waals surface area (Å²) < 4.78 is 34.7. The summed E-state index contributed by atoms with van der Waals surface area (Å²) in [5.41, 5.74) is 4.15. The second-order valence-corrected chi connectivity index (χ2v) is 11.4. The Morgan fingerprint density at radius 2 is 1.88 bits per heavy atom. The van der Waals surface area contributed by atoms with Crippen molar-refractivity contribution in [3.05, 3.63) is 59.4 Å². The fraction of sp³-hybridized carbons (Fsp3) is 0.400. The number of halogens is 1. The number of hydrogen-bond donors (Lipinski definition) is 1. The first-order chi connectivity index (χ1) is 20.9. The molecule has 1 saturated heterocycles. The van der Waals surface area contributed by atoms with Gasteiger partial charge in [-0.25, -0.2) is 14.4 Å². The van der Waals surface area contributed by atoms with E-state index >= 15 is 0 Å². The Labute approximate surface area is 253 Å². The number of anilines is 2. The molecule has 4 heterocycles. The van der Waals surface area contributed by atoms with Gasteiger partial charge in [-0.1, -0.05) is 0 Å². The van der Waals surface area contributed by atoms with E-state index in [2.05, 4.69) is 34.7 Å². The predicted molar refractivity (Wildman–Crippen MR) is 166 cm³/mol. The average Bonchev–Trinajstić information content (AvgIpc) is 3.64. The second kappa shape index (κ2) is 12.2. The van der Waals surface area contributed by atoms with E-state index in [9.17, 15) is 4.39 Å². The summed E-state index contributed by atoms with van der Waals surface area (Å²) in [5, 5.41) is 13.6. The van der Waals surface area contributed by atoms with Crippen LogP contribution < -0.4 is 24.4 Å². The van der Waals surface area contributed by atoms with Crippen LogP contribution in [0.1, 0.15) is 35.8 Å². The van der Waals surface area contributed by atoms with Crippen LogP contribution in [0.3, 0.4) is 0 Å². The molecule has 1 aliphatic rings. The van der Waals surface area contributed by atoms with Crippen molar-refractivity contribution in [1.29, 1.82) is 0 Å². The Morgan fingerprint density at radius 1 is 1.05 bits per heavy atom. The molecule has 1 fully saturated rings. The van der Waals surface area contributed by atoms with Gasteiger partial charge in [-0.05, 0) is 44.2 Å². The summed E-state index contributed by atoms with van der Waals surface area (Å²) in [5.74, 6) is 3.11. The number of fused-ring (bicyclic) bond motifs is 3. The van der Waals surface area contributed by atoms with Crippen LogP contribution in [0.15, 0.2) is 36.5 Å². The number of aryl methyl sites for hydroxylation is 1. The third-order valence-corrected chi connectivity index (χ3v) is 8.32. The molecule has 13 heteroatoms. The van der Waals surface area contributed by atoms with Crippen molar-refractivity contribution < 1.29 is 18.6 Å². The average molecular weight is 607 g/mol. The van der Waals surface area contributed by atoms with E-state index in [0.717, 1.165) is 48.8 Å². The van der Waals surface area contributed by atoms with E-state index in [1.54, 1.807) is 36.6 Å². The number of thioether (sulfide) groups is 1. The minimum absolute atomic E-state index is 0.0876. The molecule has 1 unspecified atom stereocenters. The lowest BCUT2D eigenvalue weighted by Gasteiger charge is -2.32. The molecule has 11 nitrogen and oxygen atoms in total. The normalized spacial score (nSPS) is 15.3. The first-order valence-electron chi connectivity index (χ1n) is 14.1. The van der Waals surface area contributed by atoms with Crippen molar-refractivity contribution in [1.82, 2.24) is 29.4 Å². The summed E-state index contributed by atoms with van der Waals surface area (Å²) in [6, 6.07) is 8.67. The minimum atomic E-state index is -0.478. The van der Waals surface area contributed by atoms with Gasteiger partial charge < -0.3 is 24.4 Å². The van der Waals surface area contributed by atoms with Gasteiger partial charge in [-0.3, -0.25) is 4.68 Å². The highest BCUT2D eigenvalue weighted by molar-refractivity contribution is 7.97. The van der Waals surface area contributed by atoms with E-state index in [1.807, 2.05) is 22.9 Å². The number of ether oxygens (including phenoxy) is 3. The zero-order valence-electron chi connectivity index (χ0n) is 24.9. The molecular formula is C30H35FN8O3S. The van der Waals surface area contributed by atoms with Gasteiger partial charge in [0.15, 0.2) is 23.0 Å². The highest BCUT2D eigenvalue weighted by Gasteiger charge is 2.28. The van der Waals surface area contributed by atoms with Crippen LogP contribution in [0.2, 0.25) is 0 Å². The molecule has 0 saturated carbocycles. The van der Waals surface area contributed by atoms with Gasteiger partial charge in [0.1, 0.15) is 11.5 Å². The van der Waals surface area contributed by atoms with Gasteiger partial charge in [0, 0.05) is 54.8 Å². The number of benzene rings is 2. The Morgan fingerprint density at radius 3 is 2.65 bits per heavy atom. The minimum Gasteiger partial charge on any atom is -0.497 e. The van der Waals surface area contributed by atoms with Gasteiger partial charge >= 0.3 is 0 Å². The Kier molecular flexibility index (Phi) is 8.15. The van der Waals surface area contributed by atoms with Crippen LogP contribution in [0.25, 0.3) is 16.6 Å². The lowest BCUT2D eigenvalue weighted by atomic mass is 9.97. The lowest BCUT2D eigenvalue weighted by Crippen LogP contribution is -2.35. The van der Waals surface area contributed by atoms with Crippen LogP contribution in [0, 0.1) is 12.7 Å². The first-order valence-corrected chi connectivity index (χ1v) is 15.5. The molecule has 1 atom stereocenters. The number of methoxy groups -OCH3 is 3. The highest BCUT2D eigenvalue weighted by atomic mass is 32.2. The van der Waals surface area contributed by atoms with Crippen LogP contribution in [-0.4, -0.2) is 70.0 Å². The summed E-state index contributed by atoms with van der Waals surface area (Å²) >= 11 is 1.73. The third kappa shape index (κ3) is 5.61. The van der Waals surface area contributed by atoms with Gasteiger partial charge in [0.25, 0.3) is 0 Å². The monoisotopic (exact) mass is 606 g/mol. The zero-order chi connectivity index (χ0) is 30.1.